The minimum absolute atomic E-state index is 0.0417. The van der Waals surface area contributed by atoms with Gasteiger partial charge in [0.25, 0.3) is 5.91 Å². The number of amides is 1. The molecule has 6 rings (SSSR count). The minimum atomic E-state index is -0.446. The third-order valence-corrected chi connectivity index (χ3v) is 7.24. The van der Waals surface area contributed by atoms with Crippen LogP contribution in [0.15, 0.2) is 72.8 Å². The maximum atomic E-state index is 13.3. The number of rotatable bonds is 4. The highest BCUT2D eigenvalue weighted by molar-refractivity contribution is 5.82. The predicted octanol–water partition coefficient (Wildman–Crippen LogP) is 3.73. The zero-order valence-corrected chi connectivity index (χ0v) is 19.9. The van der Waals surface area contributed by atoms with Crippen molar-refractivity contribution in [3.05, 3.63) is 89.5 Å². The van der Waals surface area contributed by atoms with E-state index in [4.69, 9.17) is 9.47 Å². The monoisotopic (exact) mass is 469 g/mol. The van der Waals surface area contributed by atoms with Crippen LogP contribution in [-0.4, -0.2) is 61.1 Å². The lowest BCUT2D eigenvalue weighted by Crippen LogP contribution is -2.45. The first kappa shape index (κ1) is 22.0. The van der Waals surface area contributed by atoms with Crippen molar-refractivity contribution in [1.29, 1.82) is 0 Å². The van der Waals surface area contributed by atoms with Crippen molar-refractivity contribution >= 4 is 11.6 Å². The van der Waals surface area contributed by atoms with E-state index < -0.39 is 6.10 Å². The first-order valence-corrected chi connectivity index (χ1v) is 12.5. The Kier molecular flexibility index (Phi) is 6.05. The summed E-state index contributed by atoms with van der Waals surface area (Å²) < 4.78 is 12.0. The lowest BCUT2D eigenvalue weighted by Gasteiger charge is -2.36. The summed E-state index contributed by atoms with van der Waals surface area (Å²) in [6, 6.07) is 25.0. The molecule has 0 N–H and O–H groups in total. The van der Waals surface area contributed by atoms with E-state index in [2.05, 4.69) is 58.3 Å². The molecule has 3 aromatic carbocycles. The second-order valence-corrected chi connectivity index (χ2v) is 9.57. The normalized spacial score (nSPS) is 19.8. The Morgan fingerprint density at radius 2 is 1.63 bits per heavy atom. The van der Waals surface area contributed by atoms with Crippen molar-refractivity contribution in [2.75, 3.05) is 44.2 Å². The summed E-state index contributed by atoms with van der Waals surface area (Å²) in [5, 5.41) is 0. The van der Waals surface area contributed by atoms with Crippen molar-refractivity contribution in [2.45, 2.75) is 25.6 Å². The number of ether oxygens (including phenoxy) is 2. The zero-order chi connectivity index (χ0) is 23.6. The van der Waals surface area contributed by atoms with Crippen molar-refractivity contribution in [3.63, 3.8) is 0 Å². The molecule has 0 aliphatic carbocycles. The smallest absolute Gasteiger partial charge is 0.264 e. The van der Waals surface area contributed by atoms with Gasteiger partial charge in [0.1, 0.15) is 18.1 Å². The first-order chi connectivity index (χ1) is 17.2. The lowest BCUT2D eigenvalue weighted by molar-refractivity contribution is -0.138. The van der Waals surface area contributed by atoms with Crippen LogP contribution in [-0.2, 0) is 24.3 Å². The number of anilines is 1. The summed E-state index contributed by atoms with van der Waals surface area (Å²) in [6.07, 6.45) is 0.187. The maximum Gasteiger partial charge on any atom is 0.264 e. The van der Waals surface area contributed by atoms with Crippen LogP contribution in [0.25, 0.3) is 0 Å². The summed E-state index contributed by atoms with van der Waals surface area (Å²) in [5.41, 5.74) is 4.74. The minimum Gasteiger partial charge on any atom is -0.491 e. The summed E-state index contributed by atoms with van der Waals surface area (Å²) in [7, 11) is 0. The SMILES string of the molecule is O=C(C1Cc2ccccc2O1)N1CCOc2ccc(CN3CCN(c4ccccc4)CC3)cc2C1. The Hall–Kier alpha value is -3.51. The number of hydrogen-bond acceptors (Lipinski definition) is 5. The van der Waals surface area contributed by atoms with Crippen molar-refractivity contribution < 1.29 is 14.3 Å². The van der Waals surface area contributed by atoms with Gasteiger partial charge in [-0.2, -0.15) is 0 Å². The number of nitrogens with zero attached hydrogens (tertiary/aromatic N) is 3. The Morgan fingerprint density at radius 3 is 2.46 bits per heavy atom. The number of carbonyl (C=O) groups is 1. The van der Waals surface area contributed by atoms with Crippen molar-refractivity contribution in [1.82, 2.24) is 9.80 Å². The van der Waals surface area contributed by atoms with Crippen LogP contribution < -0.4 is 14.4 Å². The van der Waals surface area contributed by atoms with Crippen LogP contribution in [0.1, 0.15) is 16.7 Å². The van der Waals surface area contributed by atoms with Gasteiger partial charge in [0.15, 0.2) is 6.10 Å². The van der Waals surface area contributed by atoms with Gasteiger partial charge in [-0.25, -0.2) is 0 Å². The number of hydrogen-bond donors (Lipinski definition) is 0. The molecule has 180 valence electrons. The third kappa shape index (κ3) is 4.71. The van der Waals surface area contributed by atoms with E-state index in [1.54, 1.807) is 0 Å². The van der Waals surface area contributed by atoms with Gasteiger partial charge < -0.3 is 19.3 Å². The quantitative estimate of drug-likeness (QED) is 0.583. The highest BCUT2D eigenvalue weighted by Crippen LogP contribution is 2.31. The van der Waals surface area contributed by atoms with E-state index in [-0.39, 0.29) is 5.91 Å². The molecule has 0 saturated carbocycles. The standard InChI is InChI=1S/C29H31N3O3/c33-29(28-19-23-6-4-5-9-27(23)35-28)32-16-17-34-26-11-10-22(18-24(26)21-32)20-30-12-14-31(15-13-30)25-7-2-1-3-8-25/h1-11,18,28H,12-17,19-21H2. The third-order valence-electron chi connectivity index (χ3n) is 7.24. The topological polar surface area (TPSA) is 45.2 Å². The van der Waals surface area contributed by atoms with Crippen LogP contribution in [0.5, 0.6) is 11.5 Å². The molecule has 0 aromatic heterocycles. The van der Waals surface area contributed by atoms with Crippen LogP contribution in [0.3, 0.4) is 0 Å². The fourth-order valence-corrected chi connectivity index (χ4v) is 5.32. The lowest BCUT2D eigenvalue weighted by atomic mass is 10.1. The van der Waals surface area contributed by atoms with E-state index in [9.17, 15) is 4.79 Å². The van der Waals surface area contributed by atoms with Gasteiger partial charge in [-0.3, -0.25) is 9.69 Å². The average molecular weight is 470 g/mol. The molecular formula is C29H31N3O3. The molecule has 1 fully saturated rings. The number of piperazine rings is 1. The van der Waals surface area contributed by atoms with E-state index >= 15 is 0 Å². The molecule has 1 atom stereocenters. The van der Waals surface area contributed by atoms with Gasteiger partial charge in [0.05, 0.1) is 6.54 Å². The first-order valence-electron chi connectivity index (χ1n) is 12.5. The second kappa shape index (κ2) is 9.62. The molecular weight excluding hydrogens is 438 g/mol. The number of para-hydroxylation sites is 2. The second-order valence-electron chi connectivity index (χ2n) is 9.57. The predicted molar refractivity (Wildman–Crippen MR) is 136 cm³/mol. The van der Waals surface area contributed by atoms with Gasteiger partial charge in [-0.1, -0.05) is 42.5 Å². The molecule has 0 radical (unpaired) electrons. The molecule has 1 amide bonds. The van der Waals surface area contributed by atoms with Crippen LogP contribution in [0.4, 0.5) is 5.69 Å². The largest absolute Gasteiger partial charge is 0.491 e. The van der Waals surface area contributed by atoms with Gasteiger partial charge in [-0.15, -0.1) is 0 Å². The molecule has 1 saturated heterocycles. The fourth-order valence-electron chi connectivity index (χ4n) is 5.32. The average Bonchev–Trinajstić information content (AvgIpc) is 3.23. The molecule has 3 aliphatic heterocycles. The highest BCUT2D eigenvalue weighted by atomic mass is 16.5. The zero-order valence-electron chi connectivity index (χ0n) is 19.9. The molecule has 0 bridgehead atoms. The van der Waals surface area contributed by atoms with Crippen molar-refractivity contribution in [2.24, 2.45) is 0 Å². The number of carbonyl (C=O) groups excluding carboxylic acids is 1. The molecule has 3 aliphatic rings. The van der Waals surface area contributed by atoms with Gasteiger partial charge in [0, 0.05) is 56.9 Å². The summed E-state index contributed by atoms with van der Waals surface area (Å²) in [5.74, 6) is 1.75. The van der Waals surface area contributed by atoms with Gasteiger partial charge in [-0.05, 0) is 41.5 Å². The molecule has 3 heterocycles. The summed E-state index contributed by atoms with van der Waals surface area (Å²) in [6.45, 7) is 6.66. The van der Waals surface area contributed by atoms with Crippen LogP contribution >= 0.6 is 0 Å². The van der Waals surface area contributed by atoms with Crippen molar-refractivity contribution in [3.8, 4) is 11.5 Å². The number of fused-ring (bicyclic) bond motifs is 2. The number of benzene rings is 3. The van der Waals surface area contributed by atoms with E-state index in [1.165, 1.54) is 11.3 Å². The molecule has 1 unspecified atom stereocenters. The molecule has 6 nitrogen and oxygen atoms in total. The Labute approximate surface area is 206 Å². The molecule has 6 heteroatoms. The van der Waals surface area contributed by atoms with Crippen LogP contribution in [0, 0.1) is 0 Å². The van der Waals surface area contributed by atoms with Gasteiger partial charge >= 0.3 is 0 Å². The molecule has 35 heavy (non-hydrogen) atoms. The van der Waals surface area contributed by atoms with Crippen LogP contribution in [0.2, 0.25) is 0 Å². The maximum absolute atomic E-state index is 13.3. The Balaban J connectivity index is 1.09. The molecule has 0 spiro atoms. The Morgan fingerprint density at radius 1 is 0.829 bits per heavy atom. The van der Waals surface area contributed by atoms with Gasteiger partial charge in [0.2, 0.25) is 0 Å². The Bertz CT molecular complexity index is 1170. The summed E-state index contributed by atoms with van der Waals surface area (Å²) >= 11 is 0. The summed E-state index contributed by atoms with van der Waals surface area (Å²) in [4.78, 5) is 20.2. The van der Waals surface area contributed by atoms with E-state index in [0.29, 0.717) is 26.1 Å². The highest BCUT2D eigenvalue weighted by Gasteiger charge is 2.33. The molecule has 3 aromatic rings. The van der Waals surface area contributed by atoms with E-state index in [1.807, 2.05) is 29.2 Å². The fraction of sp³-hybridized carbons (Fsp3) is 0.345. The van der Waals surface area contributed by atoms with E-state index in [0.717, 1.165) is 55.3 Å².